The molecule has 7 rings (SSSR count). The van der Waals surface area contributed by atoms with Crippen LogP contribution in [0.25, 0.3) is 0 Å². The summed E-state index contributed by atoms with van der Waals surface area (Å²) in [5.74, 6) is 5.22. The maximum atomic E-state index is 13.0. The van der Waals surface area contributed by atoms with E-state index >= 15 is 0 Å². The normalized spacial score (nSPS) is 61.2. The van der Waals surface area contributed by atoms with E-state index in [4.69, 9.17) is 9.47 Å². The Labute approximate surface area is 147 Å². The van der Waals surface area contributed by atoms with Gasteiger partial charge >= 0.3 is 11.9 Å². The molecule has 12 unspecified atom stereocenters. The molecule has 1 saturated heterocycles. The molecular weight excluding hydrogens is 316 g/mol. The van der Waals surface area contributed by atoms with E-state index in [9.17, 15) is 9.59 Å². The summed E-state index contributed by atoms with van der Waals surface area (Å²) in [6.45, 7) is 0. The summed E-state index contributed by atoms with van der Waals surface area (Å²) in [6, 6.07) is 0. The molecule has 5 saturated carbocycles. The monoisotopic (exact) mass is 340 g/mol. The highest BCUT2D eigenvalue weighted by atomic mass is 16.6. The van der Waals surface area contributed by atoms with Gasteiger partial charge in [0.15, 0.2) is 0 Å². The van der Waals surface area contributed by atoms with Crippen LogP contribution in [0.2, 0.25) is 0 Å². The Bertz CT molecular complexity index is 713. The molecule has 6 aliphatic carbocycles. The second-order valence-electron chi connectivity index (χ2n) is 9.91. The highest BCUT2D eigenvalue weighted by Gasteiger charge is 2.65. The summed E-state index contributed by atoms with van der Waals surface area (Å²) in [5.41, 5.74) is 0. The number of esters is 2. The van der Waals surface area contributed by atoms with E-state index in [-0.39, 0.29) is 36.0 Å². The molecule has 132 valence electrons. The van der Waals surface area contributed by atoms with Crippen molar-refractivity contribution in [2.45, 2.75) is 44.3 Å². The zero-order valence-corrected chi connectivity index (χ0v) is 14.3. The van der Waals surface area contributed by atoms with Crippen molar-refractivity contribution in [3.63, 3.8) is 0 Å². The van der Waals surface area contributed by atoms with E-state index in [1.807, 2.05) is 0 Å². The maximum absolute atomic E-state index is 13.0. The molecule has 0 aromatic carbocycles. The lowest BCUT2D eigenvalue weighted by molar-refractivity contribution is -0.168. The number of hydrogen-bond donors (Lipinski definition) is 0. The van der Waals surface area contributed by atoms with Crippen LogP contribution < -0.4 is 0 Å². The molecule has 0 aromatic rings. The van der Waals surface area contributed by atoms with Gasteiger partial charge in [-0.3, -0.25) is 9.59 Å². The molecular formula is C21H24O4. The van der Waals surface area contributed by atoms with Gasteiger partial charge in [0.25, 0.3) is 0 Å². The quantitative estimate of drug-likeness (QED) is 0.440. The van der Waals surface area contributed by atoms with Crippen molar-refractivity contribution in [2.24, 2.45) is 59.2 Å². The van der Waals surface area contributed by atoms with Gasteiger partial charge in [-0.1, -0.05) is 12.2 Å². The van der Waals surface area contributed by atoms with Crippen LogP contribution >= 0.6 is 0 Å². The van der Waals surface area contributed by atoms with Gasteiger partial charge in [0, 0.05) is 11.8 Å². The molecule has 4 nitrogen and oxygen atoms in total. The van der Waals surface area contributed by atoms with Crippen molar-refractivity contribution in [2.75, 3.05) is 0 Å². The van der Waals surface area contributed by atoms with Gasteiger partial charge < -0.3 is 9.47 Å². The summed E-state index contributed by atoms with van der Waals surface area (Å²) < 4.78 is 11.6. The molecule has 4 heteroatoms. The van der Waals surface area contributed by atoms with Crippen molar-refractivity contribution < 1.29 is 19.1 Å². The number of carbonyl (C=O) groups excluding carboxylic acids is 2. The largest absolute Gasteiger partial charge is 0.458 e. The van der Waals surface area contributed by atoms with E-state index in [1.165, 1.54) is 12.8 Å². The summed E-state index contributed by atoms with van der Waals surface area (Å²) in [5, 5.41) is 0. The van der Waals surface area contributed by atoms with Crippen LogP contribution in [0.1, 0.15) is 32.1 Å². The van der Waals surface area contributed by atoms with Crippen LogP contribution in [0.15, 0.2) is 12.2 Å². The first-order chi connectivity index (χ1) is 12.2. The molecule has 6 fully saturated rings. The molecule has 0 amide bonds. The lowest BCUT2D eigenvalue weighted by atomic mass is 9.69. The number of carbonyl (C=O) groups is 2. The molecule has 1 aliphatic heterocycles. The standard InChI is InChI=1S/C21H24O4/c22-20(24-18-11-6-13-15(7-11)21(23)25-19(13)18)14-5-10-4-12(14)17-9-2-1-8(3-9)16(10)17/h1-2,8-19H,3-7H2. The summed E-state index contributed by atoms with van der Waals surface area (Å²) in [7, 11) is 0. The van der Waals surface area contributed by atoms with Gasteiger partial charge in [0.1, 0.15) is 12.2 Å². The zero-order chi connectivity index (χ0) is 16.4. The van der Waals surface area contributed by atoms with E-state index < -0.39 is 0 Å². The molecule has 0 radical (unpaired) electrons. The number of allylic oxidation sites excluding steroid dienone is 2. The lowest BCUT2D eigenvalue weighted by Gasteiger charge is -2.36. The van der Waals surface area contributed by atoms with Crippen molar-refractivity contribution in [3.05, 3.63) is 12.2 Å². The van der Waals surface area contributed by atoms with E-state index in [2.05, 4.69) is 12.2 Å². The third kappa shape index (κ3) is 1.53. The average molecular weight is 340 g/mol. The number of fused-ring (bicyclic) bond motifs is 10. The summed E-state index contributed by atoms with van der Waals surface area (Å²) in [6.07, 6.45) is 10.0. The first-order valence-corrected chi connectivity index (χ1v) is 10.3. The first-order valence-electron chi connectivity index (χ1n) is 10.3. The molecule has 0 N–H and O–H groups in total. The van der Waals surface area contributed by atoms with Crippen molar-refractivity contribution in [1.29, 1.82) is 0 Å². The van der Waals surface area contributed by atoms with Gasteiger partial charge in [-0.2, -0.15) is 0 Å². The van der Waals surface area contributed by atoms with Crippen molar-refractivity contribution in [3.8, 4) is 0 Å². The van der Waals surface area contributed by atoms with E-state index in [0.717, 1.165) is 48.9 Å². The Balaban J connectivity index is 1.11. The molecule has 0 spiro atoms. The molecule has 12 atom stereocenters. The Kier molecular flexibility index (Phi) is 2.39. The van der Waals surface area contributed by atoms with Crippen LogP contribution in [-0.4, -0.2) is 24.1 Å². The molecule has 6 bridgehead atoms. The molecule has 0 aromatic heterocycles. The van der Waals surface area contributed by atoms with Crippen molar-refractivity contribution >= 4 is 11.9 Å². The molecule has 25 heavy (non-hydrogen) atoms. The Hall–Kier alpha value is -1.32. The highest BCUT2D eigenvalue weighted by molar-refractivity contribution is 5.77. The Morgan fingerprint density at radius 2 is 1.76 bits per heavy atom. The minimum atomic E-state index is -0.157. The van der Waals surface area contributed by atoms with Gasteiger partial charge in [-0.15, -0.1) is 0 Å². The van der Waals surface area contributed by atoms with E-state index in [1.54, 1.807) is 0 Å². The fourth-order valence-corrected chi connectivity index (χ4v) is 8.57. The minimum Gasteiger partial charge on any atom is -0.458 e. The summed E-state index contributed by atoms with van der Waals surface area (Å²) in [4.78, 5) is 25.0. The third-order valence-corrected chi connectivity index (χ3v) is 9.24. The topological polar surface area (TPSA) is 52.6 Å². The lowest BCUT2D eigenvalue weighted by Crippen LogP contribution is -2.40. The highest BCUT2D eigenvalue weighted by Crippen LogP contribution is 2.67. The Morgan fingerprint density at radius 1 is 0.960 bits per heavy atom. The second-order valence-corrected chi connectivity index (χ2v) is 9.91. The van der Waals surface area contributed by atoms with Crippen LogP contribution in [0.3, 0.4) is 0 Å². The van der Waals surface area contributed by atoms with Gasteiger partial charge in [0.2, 0.25) is 0 Å². The predicted octanol–water partition coefficient (Wildman–Crippen LogP) is 2.57. The van der Waals surface area contributed by atoms with Crippen LogP contribution in [-0.2, 0) is 19.1 Å². The first kappa shape index (κ1) is 13.8. The smallest absolute Gasteiger partial charge is 0.309 e. The van der Waals surface area contributed by atoms with Crippen molar-refractivity contribution in [1.82, 2.24) is 0 Å². The average Bonchev–Trinajstić information content (AvgIpc) is 3.40. The van der Waals surface area contributed by atoms with Gasteiger partial charge in [0.05, 0.1) is 11.8 Å². The number of hydrogen-bond acceptors (Lipinski definition) is 4. The fourth-order valence-electron chi connectivity index (χ4n) is 8.57. The van der Waals surface area contributed by atoms with E-state index in [0.29, 0.717) is 17.8 Å². The molecule has 1 heterocycles. The van der Waals surface area contributed by atoms with Crippen LogP contribution in [0.4, 0.5) is 0 Å². The van der Waals surface area contributed by atoms with Gasteiger partial charge in [-0.05, 0) is 67.6 Å². The zero-order valence-electron chi connectivity index (χ0n) is 14.3. The number of rotatable bonds is 2. The third-order valence-electron chi connectivity index (χ3n) is 9.24. The number of ether oxygens (including phenoxy) is 2. The maximum Gasteiger partial charge on any atom is 0.309 e. The predicted molar refractivity (Wildman–Crippen MR) is 86.9 cm³/mol. The van der Waals surface area contributed by atoms with Crippen LogP contribution in [0, 0.1) is 59.2 Å². The van der Waals surface area contributed by atoms with Crippen LogP contribution in [0.5, 0.6) is 0 Å². The minimum absolute atomic E-state index is 0.0229. The Morgan fingerprint density at radius 3 is 2.64 bits per heavy atom. The van der Waals surface area contributed by atoms with Gasteiger partial charge in [-0.25, -0.2) is 0 Å². The SMILES string of the molecule is O=C1OC2C3CC(CC13)C2OC(=O)C1CC2CC1C1C3C=CC(C3)C21. The molecule has 7 aliphatic rings. The fraction of sp³-hybridized carbons (Fsp3) is 0.810. The second kappa shape index (κ2) is 4.32. The summed E-state index contributed by atoms with van der Waals surface area (Å²) >= 11 is 0.